The van der Waals surface area contributed by atoms with Crippen molar-refractivity contribution in [1.29, 1.82) is 0 Å². The average Bonchev–Trinajstić information content (AvgIpc) is 2.47. The lowest BCUT2D eigenvalue weighted by Gasteiger charge is -2.09. The van der Waals surface area contributed by atoms with E-state index in [0.29, 0.717) is 12.3 Å². The summed E-state index contributed by atoms with van der Waals surface area (Å²) in [6.45, 7) is 4.66. The van der Waals surface area contributed by atoms with Crippen LogP contribution in [0.1, 0.15) is 22.3 Å². The zero-order chi connectivity index (χ0) is 15.2. The van der Waals surface area contributed by atoms with Gasteiger partial charge in [-0.15, -0.1) is 0 Å². The number of benzene rings is 2. The van der Waals surface area contributed by atoms with Crippen molar-refractivity contribution < 1.29 is 4.55 Å². The summed E-state index contributed by atoms with van der Waals surface area (Å²) in [5, 5.41) is 0. The minimum Gasteiger partial charge on any atom is -0.611 e. The molecule has 0 saturated carbocycles. The Hall–Kier alpha value is -1.55. The highest BCUT2D eigenvalue weighted by atomic mass is 32.2. The zero-order valence-corrected chi connectivity index (χ0v) is 13.3. The lowest BCUT2D eigenvalue weighted by atomic mass is 10.0. The molecule has 0 bridgehead atoms. The van der Waals surface area contributed by atoms with Crippen molar-refractivity contribution in [2.75, 3.05) is 12.3 Å². The Balaban J connectivity index is 2.23. The molecule has 21 heavy (non-hydrogen) atoms. The van der Waals surface area contributed by atoms with Crippen LogP contribution in [0, 0.1) is 13.8 Å². The minimum atomic E-state index is -1.01. The first kappa shape index (κ1) is 15.8. The molecule has 0 saturated heterocycles. The van der Waals surface area contributed by atoms with E-state index in [1.165, 1.54) is 16.7 Å². The monoisotopic (exact) mass is 299 g/mol. The van der Waals surface area contributed by atoms with Crippen LogP contribution >= 0.6 is 0 Å². The number of rotatable bonds is 5. The zero-order valence-electron chi connectivity index (χ0n) is 12.5. The third kappa shape index (κ3) is 4.21. The van der Waals surface area contributed by atoms with Gasteiger partial charge in [0, 0.05) is 12.6 Å². The highest BCUT2D eigenvalue weighted by Gasteiger charge is 2.09. The molecule has 0 heterocycles. The summed E-state index contributed by atoms with van der Waals surface area (Å²) in [4.78, 5) is 0.837. The van der Waals surface area contributed by atoms with Gasteiger partial charge in [0.15, 0.2) is 4.90 Å². The summed E-state index contributed by atoms with van der Waals surface area (Å²) in [6, 6.07) is 14.1. The van der Waals surface area contributed by atoms with Crippen LogP contribution in [0.25, 0.3) is 12.2 Å². The van der Waals surface area contributed by atoms with Crippen LogP contribution in [-0.4, -0.2) is 16.9 Å². The fourth-order valence-corrected chi connectivity index (χ4v) is 3.20. The third-order valence-corrected chi connectivity index (χ3v) is 4.80. The lowest BCUT2D eigenvalue weighted by molar-refractivity contribution is 0.595. The maximum atomic E-state index is 12.0. The van der Waals surface area contributed by atoms with Gasteiger partial charge in [-0.05, 0) is 53.3 Å². The quantitative estimate of drug-likeness (QED) is 0.678. The van der Waals surface area contributed by atoms with Crippen molar-refractivity contribution in [2.24, 2.45) is 5.73 Å². The van der Waals surface area contributed by atoms with E-state index in [4.69, 9.17) is 5.73 Å². The van der Waals surface area contributed by atoms with Gasteiger partial charge in [0.1, 0.15) is 5.75 Å². The molecule has 0 radical (unpaired) electrons. The second-order valence-electron chi connectivity index (χ2n) is 5.05. The van der Waals surface area contributed by atoms with Crippen LogP contribution in [0.4, 0.5) is 0 Å². The lowest BCUT2D eigenvalue weighted by Crippen LogP contribution is -2.15. The molecule has 0 amide bonds. The maximum Gasteiger partial charge on any atom is 0.153 e. The molecule has 2 aromatic carbocycles. The van der Waals surface area contributed by atoms with Crippen molar-refractivity contribution in [2.45, 2.75) is 18.7 Å². The van der Waals surface area contributed by atoms with Crippen LogP contribution in [0.5, 0.6) is 0 Å². The van der Waals surface area contributed by atoms with Crippen molar-refractivity contribution >= 4 is 23.3 Å². The Morgan fingerprint density at radius 3 is 2.38 bits per heavy atom. The summed E-state index contributed by atoms with van der Waals surface area (Å²) >= 11 is -1.01. The molecule has 2 rings (SSSR count). The van der Waals surface area contributed by atoms with Crippen LogP contribution in [0.15, 0.2) is 47.4 Å². The number of hydrogen-bond donors (Lipinski definition) is 1. The Kier molecular flexibility index (Phi) is 5.62. The molecule has 0 aliphatic rings. The summed E-state index contributed by atoms with van der Waals surface area (Å²) < 4.78 is 12.0. The van der Waals surface area contributed by atoms with Gasteiger partial charge in [-0.3, -0.25) is 0 Å². The maximum absolute atomic E-state index is 12.0. The van der Waals surface area contributed by atoms with Gasteiger partial charge in [0.25, 0.3) is 0 Å². The molecule has 0 aliphatic heterocycles. The SMILES string of the molecule is Cc1cccc(C)c1C=Cc1cccc([S+]([O-])CCN)c1. The van der Waals surface area contributed by atoms with E-state index in [9.17, 15) is 4.55 Å². The highest BCUT2D eigenvalue weighted by molar-refractivity contribution is 7.91. The number of nitrogens with two attached hydrogens (primary N) is 1. The summed E-state index contributed by atoms with van der Waals surface area (Å²) in [5.41, 5.74) is 10.3. The van der Waals surface area contributed by atoms with E-state index in [1.807, 2.05) is 24.3 Å². The minimum absolute atomic E-state index is 0.440. The standard InChI is InChI=1S/C18H21NOS/c1-14-5-3-6-15(2)18(14)10-9-16-7-4-8-17(13-16)21(20)12-11-19/h3-10,13H,11-12,19H2,1-2H3. The molecule has 3 heteroatoms. The van der Waals surface area contributed by atoms with Gasteiger partial charge in [-0.2, -0.15) is 0 Å². The van der Waals surface area contributed by atoms with E-state index in [-0.39, 0.29) is 0 Å². The van der Waals surface area contributed by atoms with Gasteiger partial charge in [0.05, 0.1) is 0 Å². The molecule has 0 fully saturated rings. The molecular weight excluding hydrogens is 278 g/mol. The smallest absolute Gasteiger partial charge is 0.153 e. The molecule has 0 spiro atoms. The summed E-state index contributed by atoms with van der Waals surface area (Å²) in [5.74, 6) is 0.504. The van der Waals surface area contributed by atoms with E-state index in [2.05, 4.69) is 44.2 Å². The van der Waals surface area contributed by atoms with Crippen LogP contribution in [-0.2, 0) is 11.2 Å². The van der Waals surface area contributed by atoms with Crippen molar-refractivity contribution in [3.05, 3.63) is 64.7 Å². The van der Waals surface area contributed by atoms with Gasteiger partial charge in [-0.25, -0.2) is 0 Å². The van der Waals surface area contributed by atoms with Crippen LogP contribution < -0.4 is 5.73 Å². The third-order valence-electron chi connectivity index (χ3n) is 3.41. The second-order valence-corrected chi connectivity index (χ2v) is 6.62. The average molecular weight is 299 g/mol. The largest absolute Gasteiger partial charge is 0.611 e. The predicted molar refractivity (Wildman–Crippen MR) is 91.6 cm³/mol. The Bertz CT molecular complexity index is 617. The van der Waals surface area contributed by atoms with E-state index < -0.39 is 11.2 Å². The Morgan fingerprint density at radius 2 is 1.71 bits per heavy atom. The first-order valence-corrected chi connectivity index (χ1v) is 8.36. The molecule has 2 nitrogen and oxygen atoms in total. The van der Waals surface area contributed by atoms with Crippen molar-refractivity contribution in [3.8, 4) is 0 Å². The molecule has 2 aromatic rings. The molecule has 0 aromatic heterocycles. The van der Waals surface area contributed by atoms with E-state index in [1.54, 1.807) is 0 Å². The Morgan fingerprint density at radius 1 is 1.05 bits per heavy atom. The molecule has 1 unspecified atom stereocenters. The van der Waals surface area contributed by atoms with Crippen molar-refractivity contribution in [1.82, 2.24) is 0 Å². The van der Waals surface area contributed by atoms with Crippen LogP contribution in [0.3, 0.4) is 0 Å². The van der Waals surface area contributed by atoms with E-state index in [0.717, 1.165) is 10.5 Å². The molecule has 1 atom stereocenters. The van der Waals surface area contributed by atoms with Gasteiger partial charge in [-0.1, -0.05) is 42.5 Å². The summed E-state index contributed by atoms with van der Waals surface area (Å²) in [6.07, 6.45) is 4.19. The van der Waals surface area contributed by atoms with Crippen molar-refractivity contribution in [3.63, 3.8) is 0 Å². The van der Waals surface area contributed by atoms with E-state index >= 15 is 0 Å². The topological polar surface area (TPSA) is 49.1 Å². The fraction of sp³-hybridized carbons (Fsp3) is 0.222. The van der Waals surface area contributed by atoms with Gasteiger partial charge in [0.2, 0.25) is 0 Å². The number of hydrogen-bond acceptors (Lipinski definition) is 2. The fourth-order valence-electron chi connectivity index (χ4n) is 2.25. The predicted octanol–water partition coefficient (Wildman–Crippen LogP) is 3.54. The summed E-state index contributed by atoms with van der Waals surface area (Å²) in [7, 11) is 0. The van der Waals surface area contributed by atoms with Gasteiger partial charge >= 0.3 is 0 Å². The van der Waals surface area contributed by atoms with Gasteiger partial charge < -0.3 is 10.3 Å². The first-order chi connectivity index (χ1) is 10.1. The molecule has 110 valence electrons. The first-order valence-electron chi connectivity index (χ1n) is 7.04. The second kappa shape index (κ2) is 7.46. The molecule has 0 aliphatic carbocycles. The van der Waals surface area contributed by atoms with Crippen LogP contribution in [0.2, 0.25) is 0 Å². The number of aryl methyl sites for hydroxylation is 2. The highest BCUT2D eigenvalue weighted by Crippen LogP contribution is 2.19. The molecular formula is C18H21NOS. The Labute approximate surface area is 129 Å². The normalized spacial score (nSPS) is 12.8. The molecule has 2 N–H and O–H groups in total.